The van der Waals surface area contributed by atoms with Gasteiger partial charge >= 0.3 is 0 Å². The highest BCUT2D eigenvalue weighted by Gasteiger charge is 2.20. The molecule has 0 radical (unpaired) electrons. The summed E-state index contributed by atoms with van der Waals surface area (Å²) in [7, 11) is 0. The number of hydrogen-bond donors (Lipinski definition) is 0. The van der Waals surface area contributed by atoms with Crippen LogP contribution in [0.15, 0.2) is 235 Å². The predicted molar refractivity (Wildman–Crippen MR) is 266 cm³/mol. The molecular formula is C60H38N2O. The van der Waals surface area contributed by atoms with Gasteiger partial charge < -0.3 is 13.9 Å². The molecular weight excluding hydrogens is 765 g/mol. The maximum atomic E-state index is 6.48. The first-order valence-corrected chi connectivity index (χ1v) is 21.6. The summed E-state index contributed by atoms with van der Waals surface area (Å²) in [6.07, 6.45) is 0. The lowest BCUT2D eigenvalue weighted by Gasteiger charge is -2.28. The minimum Gasteiger partial charge on any atom is -0.455 e. The summed E-state index contributed by atoms with van der Waals surface area (Å²) in [5.74, 6) is 0. The van der Waals surface area contributed by atoms with Crippen LogP contribution in [-0.2, 0) is 0 Å². The van der Waals surface area contributed by atoms with Crippen molar-refractivity contribution in [1.82, 2.24) is 4.57 Å². The Morgan fingerprint density at radius 3 is 1.87 bits per heavy atom. The molecule has 0 aliphatic rings. The third-order valence-corrected chi connectivity index (χ3v) is 13.0. The Kier molecular flexibility index (Phi) is 7.91. The zero-order valence-electron chi connectivity index (χ0n) is 34.2. The van der Waals surface area contributed by atoms with Gasteiger partial charge in [-0.2, -0.15) is 0 Å². The molecule has 3 nitrogen and oxygen atoms in total. The molecule has 0 N–H and O–H groups in total. The second kappa shape index (κ2) is 14.1. The lowest BCUT2D eigenvalue weighted by atomic mass is 9.96. The summed E-state index contributed by atoms with van der Waals surface area (Å²) in [6.45, 7) is 0. The van der Waals surface area contributed by atoms with Gasteiger partial charge in [0, 0.05) is 49.1 Å². The Labute approximate surface area is 363 Å². The van der Waals surface area contributed by atoms with E-state index in [-0.39, 0.29) is 0 Å². The first-order valence-electron chi connectivity index (χ1n) is 21.6. The molecule has 0 atom stereocenters. The third kappa shape index (κ3) is 5.60. The van der Waals surface area contributed by atoms with Crippen molar-refractivity contribution in [3.05, 3.63) is 231 Å². The molecule has 11 aromatic carbocycles. The van der Waals surface area contributed by atoms with E-state index in [1.165, 1.54) is 65.7 Å². The summed E-state index contributed by atoms with van der Waals surface area (Å²) in [6, 6.07) is 83.6. The second-order valence-corrected chi connectivity index (χ2v) is 16.5. The van der Waals surface area contributed by atoms with Crippen LogP contribution in [0.25, 0.3) is 104 Å². The van der Waals surface area contributed by atoms with Crippen LogP contribution >= 0.6 is 0 Å². The summed E-state index contributed by atoms with van der Waals surface area (Å²) in [5.41, 5.74) is 13.5. The first-order chi connectivity index (χ1) is 31.2. The number of para-hydroxylation sites is 2. The Bertz CT molecular complexity index is 3910. The highest BCUT2D eigenvalue weighted by atomic mass is 16.3. The maximum absolute atomic E-state index is 6.48. The van der Waals surface area contributed by atoms with Gasteiger partial charge in [-0.25, -0.2) is 0 Å². The zero-order chi connectivity index (χ0) is 41.4. The Hall–Kier alpha value is -8.40. The zero-order valence-corrected chi connectivity index (χ0v) is 34.2. The molecule has 0 spiro atoms. The van der Waals surface area contributed by atoms with E-state index in [9.17, 15) is 0 Å². The molecule has 13 aromatic rings. The monoisotopic (exact) mass is 802 g/mol. The number of rotatable bonds is 6. The van der Waals surface area contributed by atoms with Gasteiger partial charge in [-0.05, 0) is 111 Å². The van der Waals surface area contributed by atoms with E-state index in [1.54, 1.807) is 0 Å². The van der Waals surface area contributed by atoms with Gasteiger partial charge in [0.25, 0.3) is 0 Å². The third-order valence-electron chi connectivity index (χ3n) is 13.0. The van der Waals surface area contributed by atoms with Gasteiger partial charge in [0.05, 0.1) is 22.4 Å². The maximum Gasteiger partial charge on any atom is 0.143 e. The topological polar surface area (TPSA) is 21.3 Å². The van der Waals surface area contributed by atoms with E-state index in [0.29, 0.717) is 0 Å². The van der Waals surface area contributed by atoms with E-state index < -0.39 is 0 Å². The fraction of sp³-hybridized carbons (Fsp3) is 0. The van der Waals surface area contributed by atoms with Crippen LogP contribution in [0.1, 0.15) is 0 Å². The summed E-state index contributed by atoms with van der Waals surface area (Å²) >= 11 is 0. The molecule has 0 saturated heterocycles. The molecule has 2 heterocycles. The van der Waals surface area contributed by atoms with Gasteiger partial charge in [-0.3, -0.25) is 0 Å². The lowest BCUT2D eigenvalue weighted by Crippen LogP contribution is -2.10. The van der Waals surface area contributed by atoms with Crippen LogP contribution in [0.5, 0.6) is 0 Å². The molecule has 0 saturated carbocycles. The normalized spacial score (nSPS) is 11.8. The number of furan rings is 1. The Morgan fingerprint density at radius 1 is 0.333 bits per heavy atom. The van der Waals surface area contributed by atoms with Crippen molar-refractivity contribution in [2.24, 2.45) is 0 Å². The number of benzene rings is 11. The minimum atomic E-state index is 0.908. The highest BCUT2D eigenvalue weighted by Crippen LogP contribution is 2.45. The smallest absolute Gasteiger partial charge is 0.143 e. The fourth-order valence-electron chi connectivity index (χ4n) is 10.0. The second-order valence-electron chi connectivity index (χ2n) is 16.5. The largest absolute Gasteiger partial charge is 0.455 e. The van der Waals surface area contributed by atoms with Crippen molar-refractivity contribution in [2.75, 3.05) is 4.90 Å². The van der Waals surface area contributed by atoms with Crippen LogP contribution in [0.3, 0.4) is 0 Å². The van der Waals surface area contributed by atoms with Gasteiger partial charge in [-0.15, -0.1) is 0 Å². The number of nitrogens with zero attached hydrogens (tertiary/aromatic N) is 2. The average molecular weight is 803 g/mol. The first kappa shape index (κ1) is 35.4. The van der Waals surface area contributed by atoms with Gasteiger partial charge in [-0.1, -0.05) is 158 Å². The summed E-state index contributed by atoms with van der Waals surface area (Å²) in [4.78, 5) is 2.41. The Morgan fingerprint density at radius 2 is 1.00 bits per heavy atom. The van der Waals surface area contributed by atoms with Crippen molar-refractivity contribution < 1.29 is 4.42 Å². The van der Waals surface area contributed by atoms with Crippen molar-refractivity contribution >= 4 is 93.1 Å². The number of aromatic nitrogens is 1. The number of hydrogen-bond acceptors (Lipinski definition) is 2. The fourth-order valence-corrected chi connectivity index (χ4v) is 10.0. The molecule has 0 unspecified atom stereocenters. The molecule has 0 aliphatic heterocycles. The molecule has 0 amide bonds. The van der Waals surface area contributed by atoms with Gasteiger partial charge in [0.15, 0.2) is 0 Å². The van der Waals surface area contributed by atoms with E-state index >= 15 is 0 Å². The Balaban J connectivity index is 0.963. The number of fused-ring (bicyclic) bond motifs is 10. The molecule has 0 aliphatic carbocycles. The molecule has 2 aromatic heterocycles. The number of anilines is 3. The van der Waals surface area contributed by atoms with Crippen molar-refractivity contribution in [3.8, 4) is 27.9 Å². The van der Waals surface area contributed by atoms with Gasteiger partial charge in [0.1, 0.15) is 11.2 Å². The standard InChI is InChI=1S/C60H38N2O/c1-2-13-40(14-3-1)46-34-36-57(50-19-7-6-18-49(46)50)61(45-31-33-48-43(37-45)27-32-53-52-21-9-11-24-59(52)63-60(48)53)44-29-25-39(26-30-44)42-28-35-58-54(38-42)51-20-8-10-22-56(51)62(58)55-23-12-16-41-15-4-5-17-47(41)55/h1-38H. The predicted octanol–water partition coefficient (Wildman–Crippen LogP) is 16.9. The van der Waals surface area contributed by atoms with Gasteiger partial charge in [0.2, 0.25) is 0 Å². The van der Waals surface area contributed by atoms with Crippen molar-refractivity contribution in [2.45, 2.75) is 0 Å². The molecule has 3 heteroatoms. The van der Waals surface area contributed by atoms with E-state index in [2.05, 4.69) is 228 Å². The van der Waals surface area contributed by atoms with E-state index in [0.717, 1.165) is 55.3 Å². The van der Waals surface area contributed by atoms with Crippen LogP contribution in [0.4, 0.5) is 17.1 Å². The summed E-state index contributed by atoms with van der Waals surface area (Å²) in [5, 5.41) is 11.9. The molecule has 0 fully saturated rings. The quantitative estimate of drug-likeness (QED) is 0.167. The highest BCUT2D eigenvalue weighted by molar-refractivity contribution is 6.16. The molecule has 63 heavy (non-hydrogen) atoms. The van der Waals surface area contributed by atoms with Crippen molar-refractivity contribution in [1.29, 1.82) is 0 Å². The minimum absolute atomic E-state index is 0.908. The average Bonchev–Trinajstić information content (AvgIpc) is 3.90. The summed E-state index contributed by atoms with van der Waals surface area (Å²) < 4.78 is 8.90. The van der Waals surface area contributed by atoms with Crippen LogP contribution in [-0.4, -0.2) is 4.57 Å². The molecule has 0 bridgehead atoms. The van der Waals surface area contributed by atoms with Crippen LogP contribution < -0.4 is 4.90 Å². The molecule has 13 rings (SSSR count). The lowest BCUT2D eigenvalue weighted by molar-refractivity contribution is 0.672. The van der Waals surface area contributed by atoms with Crippen molar-refractivity contribution in [3.63, 3.8) is 0 Å². The van der Waals surface area contributed by atoms with Crippen LogP contribution in [0.2, 0.25) is 0 Å². The molecule has 294 valence electrons. The van der Waals surface area contributed by atoms with Crippen LogP contribution in [0, 0.1) is 0 Å². The van der Waals surface area contributed by atoms with E-state index in [4.69, 9.17) is 4.42 Å². The van der Waals surface area contributed by atoms with E-state index in [1.807, 2.05) is 12.1 Å². The SMILES string of the molecule is c1ccc(-c2ccc(N(c3ccc(-c4ccc5c(c4)c4ccccc4n5-c4cccc5ccccc45)cc3)c3ccc4c(ccc5c6ccccc6oc45)c3)c3ccccc23)cc1.